The summed E-state index contributed by atoms with van der Waals surface area (Å²) >= 11 is 5.07. The van der Waals surface area contributed by atoms with E-state index in [1.165, 1.54) is 0 Å². The molecule has 2 aromatic carbocycles. The van der Waals surface area contributed by atoms with Crippen molar-refractivity contribution < 1.29 is 13.0 Å². The summed E-state index contributed by atoms with van der Waals surface area (Å²) in [4.78, 5) is 11.2. The number of carboxylic acid groups (broad SMARTS) is 1. The van der Waals surface area contributed by atoms with Crippen LogP contribution < -0.4 is 3.07 Å². The molecule has 0 radical (unpaired) electrons. The molecule has 82 valence electrons. The average molecular weight is 393 g/mol. The molecule has 0 heterocycles. The Kier molecular flexibility index (Phi) is 3.34. The van der Waals surface area contributed by atoms with Crippen molar-refractivity contribution in [3.05, 3.63) is 40.4 Å². The molecule has 0 saturated carbocycles. The van der Waals surface area contributed by atoms with E-state index in [0.29, 0.717) is 11.1 Å². The molecule has 3 nitrogen and oxygen atoms in total. The van der Waals surface area contributed by atoms with E-state index in [4.69, 9.17) is 3.07 Å². The Morgan fingerprint density at radius 3 is 2.62 bits per heavy atom. The van der Waals surface area contributed by atoms with Gasteiger partial charge in [-0.2, -0.15) is 0 Å². The largest absolute Gasteiger partial charge is 0.478 e. The molecule has 0 atom stereocenters. The number of benzene rings is 2. The van der Waals surface area contributed by atoms with Crippen molar-refractivity contribution >= 4 is 55.7 Å². The summed E-state index contributed by atoms with van der Waals surface area (Å²) in [5, 5.41) is 10.7. The molecule has 2 rings (SSSR count). The summed E-state index contributed by atoms with van der Waals surface area (Å²) in [6.07, 6.45) is 0. The van der Waals surface area contributed by atoms with Crippen molar-refractivity contribution in [3.63, 3.8) is 0 Å². The van der Waals surface area contributed by atoms with Gasteiger partial charge in [0.25, 0.3) is 0 Å². The third-order valence-electron chi connectivity index (χ3n) is 2.27. The highest BCUT2D eigenvalue weighted by Gasteiger charge is 2.16. The first-order valence-corrected chi connectivity index (χ1v) is 6.05. The molecule has 5 heteroatoms. The van der Waals surface area contributed by atoms with Crippen molar-refractivity contribution in [3.8, 4) is 5.75 Å². The summed E-state index contributed by atoms with van der Waals surface area (Å²) in [5.41, 5.74) is 0.188. The number of aromatic carboxylic acids is 1. The fourth-order valence-corrected chi connectivity index (χ4v) is 2.45. The van der Waals surface area contributed by atoms with Gasteiger partial charge in [0.1, 0.15) is 11.3 Å². The minimum absolute atomic E-state index is 0.188. The van der Waals surface area contributed by atoms with Crippen LogP contribution in [0.1, 0.15) is 10.4 Å². The third kappa shape index (κ3) is 1.89. The molecule has 0 aliphatic heterocycles. The minimum atomic E-state index is -0.990. The van der Waals surface area contributed by atoms with Gasteiger partial charge in [0.2, 0.25) is 0 Å². The van der Waals surface area contributed by atoms with E-state index in [-0.39, 0.29) is 5.56 Å². The van der Waals surface area contributed by atoms with Gasteiger partial charge >= 0.3 is 5.97 Å². The fraction of sp³-hybridized carbons (Fsp3) is 0. The zero-order valence-corrected chi connectivity index (χ0v) is 11.6. The Hall–Kier alpha value is -0.820. The van der Waals surface area contributed by atoms with Crippen LogP contribution in [-0.4, -0.2) is 11.1 Å². The zero-order valence-electron chi connectivity index (χ0n) is 7.91. The molecule has 0 aliphatic rings. The Bertz CT molecular complexity index is 568. The number of halogens is 2. The maximum atomic E-state index is 11.2. The summed E-state index contributed by atoms with van der Waals surface area (Å²) in [6, 6.07) is 8.93. The van der Waals surface area contributed by atoms with Gasteiger partial charge in [-0.15, -0.1) is 0 Å². The number of hydrogen-bond acceptors (Lipinski definition) is 2. The van der Waals surface area contributed by atoms with Crippen LogP contribution in [0.4, 0.5) is 0 Å². The highest BCUT2D eigenvalue weighted by atomic mass is 127. The molecule has 0 spiro atoms. The quantitative estimate of drug-likeness (QED) is 0.785. The SMILES string of the molecule is O=C(O)c1c(OI)ccc2c(Br)cccc12. The summed E-state index contributed by atoms with van der Waals surface area (Å²) in [7, 11) is 0. The van der Waals surface area contributed by atoms with Gasteiger partial charge in [0.15, 0.2) is 23.0 Å². The molecule has 0 unspecified atom stereocenters. The van der Waals surface area contributed by atoms with Gasteiger partial charge in [0, 0.05) is 9.86 Å². The lowest BCUT2D eigenvalue weighted by Crippen LogP contribution is -2.00. The van der Waals surface area contributed by atoms with Crippen LogP contribution in [0.5, 0.6) is 5.75 Å². The van der Waals surface area contributed by atoms with E-state index in [1.54, 1.807) is 41.2 Å². The van der Waals surface area contributed by atoms with Crippen LogP contribution >= 0.6 is 38.9 Å². The Morgan fingerprint density at radius 1 is 1.25 bits per heavy atom. The van der Waals surface area contributed by atoms with Gasteiger partial charge in [-0.3, -0.25) is 0 Å². The van der Waals surface area contributed by atoms with E-state index in [0.717, 1.165) is 9.86 Å². The van der Waals surface area contributed by atoms with Crippen molar-refractivity contribution in [2.45, 2.75) is 0 Å². The van der Waals surface area contributed by atoms with Crippen molar-refractivity contribution in [1.29, 1.82) is 0 Å². The normalized spacial score (nSPS) is 10.4. The predicted octanol–water partition coefficient (Wildman–Crippen LogP) is 4.03. The van der Waals surface area contributed by atoms with Crippen LogP contribution in [-0.2, 0) is 0 Å². The first-order chi connectivity index (χ1) is 7.65. The summed E-state index contributed by atoms with van der Waals surface area (Å²) in [6.45, 7) is 0. The van der Waals surface area contributed by atoms with Gasteiger partial charge in [-0.1, -0.05) is 28.1 Å². The van der Waals surface area contributed by atoms with E-state index in [2.05, 4.69) is 15.9 Å². The number of hydrogen-bond donors (Lipinski definition) is 1. The number of rotatable bonds is 2. The first kappa shape index (κ1) is 11.7. The lowest BCUT2D eigenvalue weighted by Gasteiger charge is -2.08. The lowest BCUT2D eigenvalue weighted by molar-refractivity contribution is 0.0697. The summed E-state index contributed by atoms with van der Waals surface area (Å²) < 4.78 is 5.90. The Morgan fingerprint density at radius 2 is 2.00 bits per heavy atom. The van der Waals surface area contributed by atoms with Crippen LogP contribution in [0.15, 0.2) is 34.8 Å². The second kappa shape index (κ2) is 4.58. The molecular weight excluding hydrogens is 387 g/mol. The van der Waals surface area contributed by atoms with Gasteiger partial charge in [-0.25, -0.2) is 4.79 Å². The first-order valence-electron chi connectivity index (χ1n) is 4.38. The lowest BCUT2D eigenvalue weighted by atomic mass is 10.0. The van der Waals surface area contributed by atoms with Gasteiger partial charge in [0.05, 0.1) is 0 Å². The summed E-state index contributed by atoms with van der Waals surface area (Å²) in [5.74, 6) is -0.630. The molecule has 0 amide bonds. The van der Waals surface area contributed by atoms with Crippen LogP contribution in [0.2, 0.25) is 0 Å². The molecule has 16 heavy (non-hydrogen) atoms. The standard InChI is InChI=1S/C11H6BrIO3/c12-8-3-1-2-7-6(8)4-5-9(16-13)10(7)11(14)15/h1-5H,(H,14,15). The highest BCUT2D eigenvalue weighted by molar-refractivity contribution is 14.1. The smallest absolute Gasteiger partial charge is 0.340 e. The third-order valence-corrected chi connectivity index (χ3v) is 3.43. The maximum absolute atomic E-state index is 11.2. The van der Waals surface area contributed by atoms with E-state index in [1.807, 2.05) is 12.1 Å². The average Bonchev–Trinajstić information content (AvgIpc) is 2.27. The zero-order chi connectivity index (χ0) is 11.7. The van der Waals surface area contributed by atoms with Gasteiger partial charge in [-0.05, 0) is 23.6 Å². The maximum Gasteiger partial charge on any atom is 0.340 e. The van der Waals surface area contributed by atoms with E-state index < -0.39 is 5.97 Å². The molecule has 0 aliphatic carbocycles. The molecule has 2 aromatic rings. The molecule has 0 aromatic heterocycles. The molecular formula is C11H6BrIO3. The molecule has 0 saturated heterocycles. The van der Waals surface area contributed by atoms with Crippen molar-refractivity contribution in [1.82, 2.24) is 0 Å². The highest BCUT2D eigenvalue weighted by Crippen LogP contribution is 2.32. The number of carboxylic acids is 1. The number of carbonyl (C=O) groups is 1. The fourth-order valence-electron chi connectivity index (χ4n) is 1.58. The van der Waals surface area contributed by atoms with Crippen LogP contribution in [0.3, 0.4) is 0 Å². The van der Waals surface area contributed by atoms with Gasteiger partial charge < -0.3 is 8.17 Å². The Balaban J connectivity index is 2.90. The topological polar surface area (TPSA) is 46.5 Å². The minimum Gasteiger partial charge on any atom is -0.478 e. The number of fused-ring (bicyclic) bond motifs is 1. The molecule has 1 N–H and O–H groups in total. The van der Waals surface area contributed by atoms with Crippen molar-refractivity contribution in [2.24, 2.45) is 0 Å². The molecule has 0 bridgehead atoms. The van der Waals surface area contributed by atoms with Crippen LogP contribution in [0.25, 0.3) is 10.8 Å². The van der Waals surface area contributed by atoms with Crippen LogP contribution in [0, 0.1) is 0 Å². The second-order valence-electron chi connectivity index (χ2n) is 3.16. The second-order valence-corrected chi connectivity index (χ2v) is 4.45. The predicted molar refractivity (Wildman–Crippen MR) is 73.3 cm³/mol. The van der Waals surface area contributed by atoms with E-state index >= 15 is 0 Å². The monoisotopic (exact) mass is 392 g/mol. The van der Waals surface area contributed by atoms with E-state index in [9.17, 15) is 9.90 Å². The Labute approximate surface area is 114 Å². The van der Waals surface area contributed by atoms with Crippen molar-refractivity contribution in [2.75, 3.05) is 0 Å². The molecule has 0 fully saturated rings.